The molecule has 4 heterocycles. The maximum Gasteiger partial charge on any atom is 0.313 e. The Morgan fingerprint density at radius 1 is 1.11 bits per heavy atom. The first-order valence-electron chi connectivity index (χ1n) is 16.6. The number of nitrogens with one attached hydrogen (secondary N) is 1. The number of fused-ring (bicyclic) bond motifs is 2. The van der Waals surface area contributed by atoms with Crippen LogP contribution in [-0.2, 0) is 33.4 Å². The number of nitrogens with zero attached hydrogens (tertiary/aromatic N) is 2. The molecular weight excluding hydrogens is 670 g/mol. The number of benzene rings is 1. The van der Waals surface area contributed by atoms with Gasteiger partial charge in [0.2, 0.25) is 17.7 Å². The molecule has 2 saturated heterocycles. The van der Waals surface area contributed by atoms with Crippen molar-refractivity contribution >= 4 is 39.6 Å². The fourth-order valence-electron chi connectivity index (χ4n) is 7.64. The molecule has 9 atom stereocenters. The SMILES string of the molecule is CCCC(C)N1C/C=C\CCC(=O)N[C@@H](COC)[C@H](c2ccccc2)OC(=O)[C@H]2[C@@H]3O[C@@]4(C=C3Br)[C@@H]2C(=O)N([C@@H](CC)CO)[C@@H]4C1=O. The molecule has 5 bridgehead atoms. The van der Waals surface area contributed by atoms with Crippen LogP contribution in [0.15, 0.2) is 53.0 Å². The molecule has 0 aromatic heterocycles. The molecule has 4 aliphatic heterocycles. The van der Waals surface area contributed by atoms with Crippen LogP contribution in [0.5, 0.6) is 0 Å². The maximum atomic E-state index is 14.8. The van der Waals surface area contributed by atoms with Gasteiger partial charge < -0.3 is 34.4 Å². The molecule has 256 valence electrons. The fourth-order valence-corrected chi connectivity index (χ4v) is 8.38. The Bertz CT molecular complexity index is 1380. The van der Waals surface area contributed by atoms with Crippen LogP contribution in [-0.4, -0.2) is 101 Å². The lowest BCUT2D eigenvalue weighted by Crippen LogP contribution is -2.59. The Balaban J connectivity index is 1.65. The average molecular weight is 717 g/mol. The van der Waals surface area contributed by atoms with Crippen molar-refractivity contribution in [2.75, 3.05) is 26.9 Å². The highest BCUT2D eigenvalue weighted by molar-refractivity contribution is 9.11. The molecule has 1 aromatic rings. The zero-order valence-electron chi connectivity index (χ0n) is 27.5. The Morgan fingerprint density at radius 3 is 2.51 bits per heavy atom. The molecule has 12 heteroatoms. The van der Waals surface area contributed by atoms with Crippen molar-refractivity contribution in [1.29, 1.82) is 0 Å². The van der Waals surface area contributed by atoms with E-state index in [-0.39, 0.29) is 44.0 Å². The summed E-state index contributed by atoms with van der Waals surface area (Å²) in [6.07, 6.45) is 6.32. The monoisotopic (exact) mass is 715 g/mol. The van der Waals surface area contributed by atoms with Crippen LogP contribution in [0.25, 0.3) is 0 Å². The van der Waals surface area contributed by atoms with Gasteiger partial charge in [-0.1, -0.05) is 78.7 Å². The van der Waals surface area contributed by atoms with Crippen LogP contribution in [0, 0.1) is 11.8 Å². The van der Waals surface area contributed by atoms with E-state index >= 15 is 0 Å². The number of esters is 1. The van der Waals surface area contributed by atoms with Crippen LogP contribution in [0.1, 0.15) is 64.5 Å². The number of cyclic esters (lactones) is 1. The summed E-state index contributed by atoms with van der Waals surface area (Å²) in [7, 11) is 1.51. The average Bonchev–Trinajstić information content (AvgIpc) is 3.65. The van der Waals surface area contributed by atoms with Crippen LogP contribution in [0.4, 0.5) is 0 Å². The van der Waals surface area contributed by atoms with Gasteiger partial charge in [-0.2, -0.15) is 0 Å². The van der Waals surface area contributed by atoms with E-state index in [1.807, 2.05) is 63.3 Å². The van der Waals surface area contributed by atoms with Crippen molar-refractivity contribution in [1.82, 2.24) is 15.1 Å². The normalized spacial score (nSPS) is 33.3. The van der Waals surface area contributed by atoms with E-state index in [9.17, 15) is 24.3 Å². The van der Waals surface area contributed by atoms with Crippen LogP contribution in [0.2, 0.25) is 0 Å². The summed E-state index contributed by atoms with van der Waals surface area (Å²) in [5, 5.41) is 13.4. The summed E-state index contributed by atoms with van der Waals surface area (Å²) >= 11 is 3.60. The van der Waals surface area contributed by atoms with E-state index in [2.05, 4.69) is 21.2 Å². The molecule has 11 nitrogen and oxygen atoms in total. The second-order valence-electron chi connectivity index (χ2n) is 12.9. The first kappa shape index (κ1) is 35.3. The quantitative estimate of drug-likeness (QED) is 0.294. The Labute approximate surface area is 284 Å². The number of rotatable bonds is 9. The molecule has 0 saturated carbocycles. The molecule has 1 spiro atoms. The molecule has 3 amide bonds. The van der Waals surface area contributed by atoms with Crippen molar-refractivity contribution in [3.8, 4) is 0 Å². The first-order valence-corrected chi connectivity index (χ1v) is 17.4. The summed E-state index contributed by atoms with van der Waals surface area (Å²) < 4.78 is 18.9. The lowest BCUT2D eigenvalue weighted by atomic mass is 9.74. The molecule has 2 N–H and O–H groups in total. The van der Waals surface area contributed by atoms with E-state index in [1.54, 1.807) is 11.0 Å². The minimum Gasteiger partial charge on any atom is -0.455 e. The number of likely N-dealkylation sites (tertiary alicyclic amines) is 1. The summed E-state index contributed by atoms with van der Waals surface area (Å²) in [5.41, 5.74) is -0.803. The van der Waals surface area contributed by atoms with E-state index in [4.69, 9.17) is 14.2 Å². The van der Waals surface area contributed by atoms with Gasteiger partial charge in [-0.3, -0.25) is 19.2 Å². The van der Waals surface area contributed by atoms with Crippen molar-refractivity contribution < 1.29 is 38.5 Å². The van der Waals surface area contributed by atoms with Gasteiger partial charge in [0.15, 0.2) is 0 Å². The molecule has 1 unspecified atom stereocenters. The number of hydrogen-bond acceptors (Lipinski definition) is 8. The number of carbonyl (C=O) groups is 4. The van der Waals surface area contributed by atoms with Gasteiger partial charge in [0.05, 0.1) is 31.2 Å². The summed E-state index contributed by atoms with van der Waals surface area (Å²) in [4.78, 5) is 60.2. The fraction of sp³-hybridized carbons (Fsp3) is 0.600. The van der Waals surface area contributed by atoms with Crippen LogP contribution in [0.3, 0.4) is 0 Å². The highest BCUT2D eigenvalue weighted by Crippen LogP contribution is 2.59. The molecular formula is C35H46BrN3O8. The summed E-state index contributed by atoms with van der Waals surface area (Å²) in [5.74, 6) is -3.80. The third-order valence-electron chi connectivity index (χ3n) is 9.90. The molecule has 4 aliphatic rings. The highest BCUT2D eigenvalue weighted by Gasteiger charge is 2.75. The number of methoxy groups -OCH3 is 1. The zero-order valence-corrected chi connectivity index (χ0v) is 29.1. The van der Waals surface area contributed by atoms with Gasteiger partial charge in [-0.25, -0.2) is 0 Å². The van der Waals surface area contributed by atoms with Crippen molar-refractivity contribution in [2.45, 2.75) is 94.9 Å². The molecule has 47 heavy (non-hydrogen) atoms. The number of aliphatic hydroxyl groups is 1. The number of amides is 3. The maximum absolute atomic E-state index is 14.8. The molecule has 5 rings (SSSR count). The highest BCUT2D eigenvalue weighted by atomic mass is 79.9. The number of ether oxygens (including phenoxy) is 3. The largest absolute Gasteiger partial charge is 0.455 e. The molecule has 0 radical (unpaired) electrons. The number of halogens is 1. The summed E-state index contributed by atoms with van der Waals surface area (Å²) in [6, 6.07) is 6.43. The number of allylic oxidation sites excluding steroid dienone is 1. The van der Waals surface area contributed by atoms with E-state index < -0.39 is 59.6 Å². The molecule has 2 fully saturated rings. The van der Waals surface area contributed by atoms with Gasteiger partial charge >= 0.3 is 5.97 Å². The van der Waals surface area contributed by atoms with E-state index in [1.165, 1.54) is 12.0 Å². The van der Waals surface area contributed by atoms with Gasteiger partial charge in [-0.15, -0.1) is 0 Å². The Hall–Kier alpha value is -3.06. The minimum absolute atomic E-state index is 0.0677. The lowest BCUT2D eigenvalue weighted by Gasteiger charge is -2.40. The standard InChI is InChI=1S/C35H46BrN3O8/c1-5-13-21(3)38-17-12-8-11-16-26(41)37-25(20-45-4)29(22-14-9-7-10-15-22)46-34(44)27-28-32(42)39(23(6-2)19-40)31(33(38)43)35(28)18-24(36)30(27)47-35/h7-10,12,14-15,18,21,23,25,27-31,40H,5-6,11,13,16-17,19-20H2,1-4H3,(H,37,41)/b12-8-/t21?,23-,25-,27+,28-,29-,30+,31+,35-/m0/s1. The van der Waals surface area contributed by atoms with Gasteiger partial charge in [-0.05, 0) is 37.8 Å². The van der Waals surface area contributed by atoms with Crippen LogP contribution >= 0.6 is 15.9 Å². The molecule has 1 aromatic carbocycles. The van der Waals surface area contributed by atoms with E-state index in [0.717, 1.165) is 12.8 Å². The number of aliphatic hydroxyl groups excluding tert-OH is 1. The summed E-state index contributed by atoms with van der Waals surface area (Å²) in [6.45, 7) is 5.85. The molecule has 0 aliphatic carbocycles. The van der Waals surface area contributed by atoms with Gasteiger partial charge in [0.1, 0.15) is 29.8 Å². The van der Waals surface area contributed by atoms with Crippen LogP contribution < -0.4 is 5.32 Å². The lowest BCUT2D eigenvalue weighted by molar-refractivity contribution is -0.163. The number of carbonyl (C=O) groups excluding carboxylic acids is 4. The number of hydrogen-bond donors (Lipinski definition) is 2. The van der Waals surface area contributed by atoms with Gasteiger partial charge in [0, 0.05) is 30.6 Å². The second kappa shape index (κ2) is 15.0. The third-order valence-corrected chi connectivity index (χ3v) is 10.6. The Morgan fingerprint density at radius 2 is 1.85 bits per heavy atom. The van der Waals surface area contributed by atoms with E-state index in [0.29, 0.717) is 22.9 Å². The smallest absolute Gasteiger partial charge is 0.313 e. The van der Waals surface area contributed by atoms with Crippen molar-refractivity contribution in [3.05, 3.63) is 58.6 Å². The third kappa shape index (κ3) is 6.54. The zero-order chi connectivity index (χ0) is 33.9. The first-order chi connectivity index (χ1) is 22.6. The minimum atomic E-state index is -1.45. The van der Waals surface area contributed by atoms with Gasteiger partial charge in [0.25, 0.3) is 0 Å². The second-order valence-corrected chi connectivity index (χ2v) is 13.8. The predicted octanol–water partition coefficient (Wildman–Crippen LogP) is 3.41. The predicted molar refractivity (Wildman–Crippen MR) is 177 cm³/mol. The van der Waals surface area contributed by atoms with Crippen molar-refractivity contribution in [3.63, 3.8) is 0 Å². The van der Waals surface area contributed by atoms with Crippen molar-refractivity contribution in [2.24, 2.45) is 11.8 Å². The topological polar surface area (TPSA) is 135 Å². The Kier molecular flexibility index (Phi) is 11.3.